The molecule has 4 N–H and O–H groups in total. The predicted molar refractivity (Wildman–Crippen MR) is 409 cm³/mol. The van der Waals surface area contributed by atoms with Crippen molar-refractivity contribution < 1.29 is 50.7 Å². The van der Waals surface area contributed by atoms with E-state index in [-0.39, 0.29) is 39.7 Å². The number of carbonyl (C=O) groups excluding carboxylic acids is 5. The van der Waals surface area contributed by atoms with Crippen LogP contribution in [0.3, 0.4) is 0 Å². The molecule has 0 saturated carbocycles. The highest BCUT2D eigenvalue weighted by molar-refractivity contribution is 7.99. The summed E-state index contributed by atoms with van der Waals surface area (Å²) in [5, 5.41) is 20.2. The Labute approximate surface area is 621 Å². The molecule has 25 heteroatoms. The summed E-state index contributed by atoms with van der Waals surface area (Å²) in [6.07, 6.45) is 3.61. The summed E-state index contributed by atoms with van der Waals surface area (Å²) < 4.78 is 60.3. The van der Waals surface area contributed by atoms with E-state index >= 15 is 0 Å². The predicted octanol–water partition coefficient (Wildman–Crippen LogP) is 10.1. The molecule has 4 aliphatic rings. The number of ketones is 1. The number of allylic oxidation sites excluding steroid dienone is 1. The lowest BCUT2D eigenvalue weighted by atomic mass is 9.71. The van der Waals surface area contributed by atoms with Gasteiger partial charge >= 0.3 is 0 Å². The third kappa shape index (κ3) is 21.7. The molecule has 10 rings (SSSR count). The van der Waals surface area contributed by atoms with Gasteiger partial charge in [0.05, 0.1) is 51.2 Å². The first-order valence-corrected chi connectivity index (χ1v) is 41.4. The summed E-state index contributed by atoms with van der Waals surface area (Å²) in [4.78, 5) is 86.0. The van der Waals surface area contributed by atoms with Crippen molar-refractivity contribution in [1.82, 2.24) is 40.5 Å². The molecule has 4 heterocycles. The number of benzene rings is 5. The van der Waals surface area contributed by atoms with Gasteiger partial charge in [0.1, 0.15) is 24.3 Å². The van der Waals surface area contributed by atoms with Gasteiger partial charge in [0.15, 0.2) is 25.5 Å². The number of aliphatic hydroxyl groups excluding tert-OH is 1. The number of thiazole rings is 1. The summed E-state index contributed by atoms with van der Waals surface area (Å²) in [6.45, 7) is 20.7. The van der Waals surface area contributed by atoms with Crippen LogP contribution in [0.15, 0.2) is 147 Å². The Hall–Kier alpha value is -6.84. The van der Waals surface area contributed by atoms with Gasteiger partial charge in [-0.15, -0.1) is 23.1 Å². The zero-order chi connectivity index (χ0) is 73.8. The first-order valence-electron chi connectivity index (χ1n) is 35.6. The summed E-state index contributed by atoms with van der Waals surface area (Å²) in [6, 6.07) is 34.8. The number of aliphatic hydroxyl groups is 1. The number of thioether (sulfide) groups is 1. The second-order valence-electron chi connectivity index (χ2n) is 29.7. The Bertz CT molecular complexity index is 4200. The highest BCUT2D eigenvalue weighted by Gasteiger charge is 2.45. The molecular weight excluding hydrogens is 1400 g/mol. The van der Waals surface area contributed by atoms with Crippen molar-refractivity contribution in [3.63, 3.8) is 0 Å². The van der Waals surface area contributed by atoms with E-state index in [1.807, 2.05) is 87.6 Å². The number of ether oxygens (including phenoxy) is 1. The maximum absolute atomic E-state index is 14.4. The number of aryl methyl sites for hydroxylation is 1. The SMILES string of the molecule is Cc1ncsc1-c1ccc([C@H](C)NC(=O)[C@@H]2C[C@@H](O)CN2C(=O)[C@@H](NC(=O)CC(=O)NCCN(C)CC2(C)CCC(c3ccc(Cl)cc3)=C(CN3CCN(c4ccc(C(=O)CS(=O)(=O)c5ccc(C[C@H](CCN6CCOCC6)CSc6ccccc6)c(S(C)(=O)=O)c5)cc4)CC3)C2)C(C)(C)C)cc1. The van der Waals surface area contributed by atoms with E-state index in [1.165, 1.54) is 28.2 Å². The third-order valence-corrected chi connectivity index (χ3v) is 25.5. The number of hydrogen-bond donors (Lipinski definition) is 4. The van der Waals surface area contributed by atoms with Crippen LogP contribution in [0.25, 0.3) is 16.0 Å². The number of aromatic nitrogens is 1. The number of β-amino-alcohol motifs (C(OH)–C–C–N with tert-alkyl or cyclic N) is 1. The Balaban J connectivity index is 0.692. The minimum Gasteiger partial charge on any atom is -0.391 e. The van der Waals surface area contributed by atoms with Crippen molar-refractivity contribution in [3.8, 4) is 10.4 Å². The lowest BCUT2D eigenvalue weighted by molar-refractivity contribution is -0.144. The van der Waals surface area contributed by atoms with Crippen LogP contribution in [-0.2, 0) is 50.0 Å². The largest absolute Gasteiger partial charge is 0.391 e. The van der Waals surface area contributed by atoms with E-state index < -0.39 is 90.9 Å². The minimum absolute atomic E-state index is 0.0372. The molecule has 3 saturated heterocycles. The molecule has 6 atom stereocenters. The molecule has 5 aromatic carbocycles. The molecule has 0 bridgehead atoms. The number of likely N-dealkylation sites (N-methyl/N-ethyl adjacent to an activating group) is 1. The van der Waals surface area contributed by atoms with Crippen molar-refractivity contribution >= 4 is 95.0 Å². The highest BCUT2D eigenvalue weighted by atomic mass is 35.5. The minimum atomic E-state index is -4.24. The van der Waals surface area contributed by atoms with E-state index in [2.05, 4.69) is 71.7 Å². The van der Waals surface area contributed by atoms with Crippen LogP contribution in [0.1, 0.15) is 112 Å². The Kier molecular flexibility index (Phi) is 26.8. The van der Waals surface area contributed by atoms with Crippen LogP contribution in [0.2, 0.25) is 5.02 Å². The standard InChI is InChI=1S/C78H100ClN9O11S4/c1-53(56-14-16-59(17-15-56)73-54(2)81-52-101-73)82-75(93)68-43-64(89)48-88(68)76(94)74(77(3,4)5)83-72(92)45-71(91)80-31-33-84(7)51-78(6)30-28-67(57-18-23-62(79)24-19-57)61(46-78)47-86-34-36-87(37-35-86)63-25-20-58(21-26-63)69(90)50-103(97,98)66-27-22-60(70(44-66)102(8,95)96)42-55(29-32-85-38-40-99-41-39-85)49-100-65-12-10-9-11-13-65/h9-27,44,52-53,55,64,68,74,89H,28-43,45-51H2,1-8H3,(H,80,91)(H,82,93)(H,83,92)/t53-,55-,64+,68-,74+,78?/m0/s1. The Morgan fingerprint density at radius 1 is 0.854 bits per heavy atom. The number of morpholine rings is 1. The second kappa shape index (κ2) is 35.0. The first-order chi connectivity index (χ1) is 49.0. The van der Waals surface area contributed by atoms with Crippen molar-refractivity contribution in [2.45, 2.75) is 125 Å². The van der Waals surface area contributed by atoms with Crippen LogP contribution >= 0.6 is 34.7 Å². The van der Waals surface area contributed by atoms with Crippen molar-refractivity contribution in [3.05, 3.63) is 165 Å². The molecular formula is C78H100ClN9O11S4. The molecule has 3 aliphatic heterocycles. The van der Waals surface area contributed by atoms with E-state index in [4.69, 9.17) is 16.3 Å². The monoisotopic (exact) mass is 1500 g/mol. The van der Waals surface area contributed by atoms with Gasteiger partial charge < -0.3 is 40.5 Å². The molecule has 4 amide bonds. The van der Waals surface area contributed by atoms with E-state index in [0.717, 1.165) is 134 Å². The molecule has 554 valence electrons. The fraction of sp³-hybridized carbons (Fsp3) is 0.487. The van der Waals surface area contributed by atoms with Crippen LogP contribution < -0.4 is 20.9 Å². The number of likely N-dealkylation sites (tertiary alicyclic amines) is 1. The molecule has 103 heavy (non-hydrogen) atoms. The fourth-order valence-corrected chi connectivity index (χ4v) is 18.8. The van der Waals surface area contributed by atoms with Crippen LogP contribution in [0, 0.1) is 23.7 Å². The van der Waals surface area contributed by atoms with Gasteiger partial charge in [0.2, 0.25) is 23.6 Å². The summed E-state index contributed by atoms with van der Waals surface area (Å²) in [5.41, 5.74) is 9.28. The quantitative estimate of drug-likeness (QED) is 0.0186. The summed E-state index contributed by atoms with van der Waals surface area (Å²) >= 11 is 9.67. The zero-order valence-corrected chi connectivity index (χ0v) is 64.5. The summed E-state index contributed by atoms with van der Waals surface area (Å²) in [5.74, 6) is -2.60. The number of piperazine rings is 1. The number of Topliss-reactive ketones (excluding diaryl/α,β-unsaturated/α-hetero) is 1. The van der Waals surface area contributed by atoms with E-state index in [0.29, 0.717) is 43.3 Å². The zero-order valence-electron chi connectivity index (χ0n) is 60.5. The Morgan fingerprint density at radius 2 is 1.54 bits per heavy atom. The molecule has 1 aliphatic carbocycles. The van der Waals surface area contributed by atoms with Crippen LogP contribution in [-0.4, -0.2) is 211 Å². The van der Waals surface area contributed by atoms with Gasteiger partial charge in [-0.2, -0.15) is 0 Å². The van der Waals surface area contributed by atoms with Crippen molar-refractivity contribution in [2.24, 2.45) is 16.7 Å². The molecule has 1 aromatic heterocycles. The van der Waals surface area contributed by atoms with Crippen molar-refractivity contribution in [2.75, 3.05) is 121 Å². The number of carbonyl (C=O) groups is 5. The highest BCUT2D eigenvalue weighted by Crippen LogP contribution is 2.44. The maximum Gasteiger partial charge on any atom is 0.246 e. The van der Waals surface area contributed by atoms with Crippen LogP contribution in [0.4, 0.5) is 5.69 Å². The van der Waals surface area contributed by atoms with Gasteiger partial charge in [0.25, 0.3) is 0 Å². The number of hydrogen-bond acceptors (Lipinski definition) is 18. The third-order valence-electron chi connectivity index (χ3n) is 20.2. The average Bonchev–Trinajstić information content (AvgIpc) is 1.56. The second-order valence-corrected chi connectivity index (χ2v) is 36.1. The summed E-state index contributed by atoms with van der Waals surface area (Å²) in [7, 11) is -6.06. The van der Waals surface area contributed by atoms with Crippen molar-refractivity contribution in [1.29, 1.82) is 0 Å². The molecule has 0 radical (unpaired) electrons. The lowest BCUT2D eigenvalue weighted by Gasteiger charge is -2.42. The van der Waals surface area contributed by atoms with E-state index in [9.17, 15) is 45.9 Å². The molecule has 6 aromatic rings. The van der Waals surface area contributed by atoms with Gasteiger partial charge in [0, 0.05) is 112 Å². The normalized spacial score (nSPS) is 19.6. The molecule has 20 nitrogen and oxygen atoms in total. The average molecular weight is 1500 g/mol. The number of sulfone groups is 2. The molecule has 1 unspecified atom stereocenters. The fourth-order valence-electron chi connectivity index (χ4n) is 14.5. The lowest BCUT2D eigenvalue weighted by Crippen LogP contribution is -2.58. The number of anilines is 1. The number of nitrogens with one attached hydrogen (secondary N) is 3. The van der Waals surface area contributed by atoms with E-state index in [1.54, 1.807) is 67.6 Å². The topological polar surface area (TPSA) is 248 Å². The molecule has 3 fully saturated rings. The van der Waals surface area contributed by atoms with Gasteiger partial charge in [-0.05, 0) is 165 Å². The van der Waals surface area contributed by atoms with Gasteiger partial charge in [-0.3, -0.25) is 33.8 Å². The number of halogens is 1. The maximum atomic E-state index is 14.4. The van der Waals surface area contributed by atoms with Gasteiger partial charge in [-0.1, -0.05) is 106 Å². The van der Waals surface area contributed by atoms with Crippen LogP contribution in [0.5, 0.6) is 0 Å². The Morgan fingerprint density at radius 3 is 2.20 bits per heavy atom. The number of rotatable bonds is 30. The number of amides is 4. The smallest absolute Gasteiger partial charge is 0.246 e. The first kappa shape index (κ1) is 78.7. The number of nitrogens with zero attached hydrogens (tertiary/aromatic N) is 6. The van der Waals surface area contributed by atoms with Gasteiger partial charge in [-0.25, -0.2) is 21.8 Å². The molecule has 0 spiro atoms.